The molecule has 0 aliphatic carbocycles. The highest BCUT2D eigenvalue weighted by atomic mass is 35.5. The Balaban J connectivity index is 1.94. The maximum atomic E-state index is 12.3. The van der Waals surface area contributed by atoms with Crippen LogP contribution in [0.25, 0.3) is 0 Å². The smallest absolute Gasteiger partial charge is 0.227 e. The third-order valence-electron chi connectivity index (χ3n) is 3.59. The number of carbonyl (C=O) groups excluding carboxylic acids is 1. The lowest BCUT2D eigenvalue weighted by Crippen LogP contribution is -2.32. The largest absolute Gasteiger partial charge is 0.354 e. The van der Waals surface area contributed by atoms with Crippen LogP contribution >= 0.6 is 11.6 Å². The molecule has 2 aromatic rings. The van der Waals surface area contributed by atoms with Crippen molar-refractivity contribution >= 4 is 27.3 Å². The summed E-state index contributed by atoms with van der Waals surface area (Å²) in [5.41, 5.74) is 0. The van der Waals surface area contributed by atoms with E-state index in [9.17, 15) is 13.2 Å². The second kappa shape index (κ2) is 8.44. The zero-order valence-corrected chi connectivity index (χ0v) is 15.6. The SMILES string of the molecule is CC[C@@H](C)NC(=O)CCc1nc(CS(=O)(=O)c2ccc(Cl)cc2)no1. The van der Waals surface area contributed by atoms with Crippen LogP contribution in [-0.2, 0) is 26.8 Å². The van der Waals surface area contributed by atoms with Gasteiger partial charge >= 0.3 is 0 Å². The van der Waals surface area contributed by atoms with Crippen LogP contribution in [0.15, 0.2) is 33.7 Å². The number of aromatic nitrogens is 2. The summed E-state index contributed by atoms with van der Waals surface area (Å²) < 4.78 is 29.6. The van der Waals surface area contributed by atoms with Crippen LogP contribution < -0.4 is 5.32 Å². The van der Waals surface area contributed by atoms with Crippen molar-refractivity contribution in [1.29, 1.82) is 0 Å². The van der Waals surface area contributed by atoms with Crippen molar-refractivity contribution < 1.29 is 17.7 Å². The molecule has 1 N–H and O–H groups in total. The standard InChI is InChI=1S/C16H20ClN3O4S/c1-3-11(2)18-15(21)8-9-16-19-14(20-24-16)10-25(22,23)13-6-4-12(17)5-7-13/h4-7,11H,3,8-10H2,1-2H3,(H,18,21)/t11-/m1/s1. The van der Waals surface area contributed by atoms with E-state index in [1.807, 2.05) is 13.8 Å². The minimum atomic E-state index is -3.59. The number of nitrogens with zero attached hydrogens (tertiary/aromatic N) is 2. The second-order valence-electron chi connectivity index (χ2n) is 5.69. The molecule has 0 unspecified atom stereocenters. The minimum absolute atomic E-state index is 0.0623. The number of halogens is 1. The molecule has 2 rings (SSSR count). The van der Waals surface area contributed by atoms with Crippen molar-refractivity contribution in [3.63, 3.8) is 0 Å². The highest BCUT2D eigenvalue weighted by Crippen LogP contribution is 2.18. The van der Waals surface area contributed by atoms with Crippen LogP contribution in [0.1, 0.15) is 38.4 Å². The predicted molar refractivity (Wildman–Crippen MR) is 92.9 cm³/mol. The van der Waals surface area contributed by atoms with Gasteiger partial charge in [0.25, 0.3) is 0 Å². The fourth-order valence-corrected chi connectivity index (χ4v) is 3.32. The lowest BCUT2D eigenvalue weighted by atomic mass is 10.2. The number of rotatable bonds is 8. The summed E-state index contributed by atoms with van der Waals surface area (Å²) in [6.07, 6.45) is 1.31. The Morgan fingerprint density at radius 1 is 1.32 bits per heavy atom. The molecule has 7 nitrogen and oxygen atoms in total. The number of carbonyl (C=O) groups is 1. The molecule has 9 heteroatoms. The average Bonchev–Trinajstić information content (AvgIpc) is 3.00. The Kier molecular flexibility index (Phi) is 6.55. The first-order valence-electron chi connectivity index (χ1n) is 7.89. The van der Waals surface area contributed by atoms with Crippen molar-refractivity contribution in [1.82, 2.24) is 15.5 Å². The summed E-state index contributed by atoms with van der Waals surface area (Å²) in [7, 11) is -3.59. The van der Waals surface area contributed by atoms with Crippen LogP contribution in [0, 0.1) is 0 Å². The maximum absolute atomic E-state index is 12.3. The molecule has 0 fully saturated rings. The number of benzene rings is 1. The molecule has 136 valence electrons. The van der Waals surface area contributed by atoms with E-state index in [2.05, 4.69) is 15.5 Å². The summed E-state index contributed by atoms with van der Waals surface area (Å²) in [5.74, 6) is -0.187. The van der Waals surface area contributed by atoms with Gasteiger partial charge in [-0.2, -0.15) is 4.98 Å². The van der Waals surface area contributed by atoms with E-state index in [0.29, 0.717) is 5.02 Å². The van der Waals surface area contributed by atoms with Crippen molar-refractivity contribution in [2.45, 2.75) is 49.8 Å². The summed E-state index contributed by atoms with van der Waals surface area (Å²) in [6, 6.07) is 5.98. The molecular weight excluding hydrogens is 366 g/mol. The van der Waals surface area contributed by atoms with Gasteiger partial charge in [0.15, 0.2) is 15.7 Å². The Morgan fingerprint density at radius 3 is 2.64 bits per heavy atom. The third kappa shape index (κ3) is 5.82. The van der Waals surface area contributed by atoms with Gasteiger partial charge in [0.05, 0.1) is 4.90 Å². The van der Waals surface area contributed by atoms with Gasteiger partial charge in [-0.3, -0.25) is 4.79 Å². The van der Waals surface area contributed by atoms with Crippen LogP contribution in [0.2, 0.25) is 5.02 Å². The molecule has 1 atom stereocenters. The third-order valence-corrected chi connectivity index (χ3v) is 5.47. The highest BCUT2D eigenvalue weighted by Gasteiger charge is 2.19. The van der Waals surface area contributed by atoms with Gasteiger partial charge in [-0.15, -0.1) is 0 Å². The van der Waals surface area contributed by atoms with E-state index < -0.39 is 9.84 Å². The van der Waals surface area contributed by atoms with E-state index in [0.717, 1.165) is 6.42 Å². The van der Waals surface area contributed by atoms with Gasteiger partial charge in [-0.1, -0.05) is 23.7 Å². The van der Waals surface area contributed by atoms with Crippen molar-refractivity contribution in [2.24, 2.45) is 0 Å². The minimum Gasteiger partial charge on any atom is -0.354 e. The molecule has 1 aromatic carbocycles. The summed E-state index contributed by atoms with van der Waals surface area (Å²) in [4.78, 5) is 15.9. The first kappa shape index (κ1) is 19.4. The van der Waals surface area contributed by atoms with E-state index >= 15 is 0 Å². The Labute approximate surface area is 151 Å². The number of hydrogen-bond acceptors (Lipinski definition) is 6. The number of amides is 1. The summed E-state index contributed by atoms with van der Waals surface area (Å²) in [6.45, 7) is 3.90. The lowest BCUT2D eigenvalue weighted by Gasteiger charge is -2.10. The molecule has 0 aliphatic rings. The highest BCUT2D eigenvalue weighted by molar-refractivity contribution is 7.90. The fourth-order valence-electron chi connectivity index (χ4n) is 2.02. The number of nitrogens with one attached hydrogen (secondary N) is 1. The lowest BCUT2D eigenvalue weighted by molar-refractivity contribution is -0.121. The Bertz CT molecular complexity index is 818. The first-order valence-corrected chi connectivity index (χ1v) is 9.92. The Hall–Kier alpha value is -1.93. The van der Waals surface area contributed by atoms with E-state index in [4.69, 9.17) is 16.1 Å². The second-order valence-corrected chi connectivity index (χ2v) is 8.12. The van der Waals surface area contributed by atoms with E-state index in [1.54, 1.807) is 0 Å². The zero-order chi connectivity index (χ0) is 18.4. The van der Waals surface area contributed by atoms with Gasteiger partial charge in [-0.05, 0) is 37.6 Å². The monoisotopic (exact) mass is 385 g/mol. The van der Waals surface area contributed by atoms with Crippen molar-refractivity contribution in [3.05, 3.63) is 41.0 Å². The first-order chi connectivity index (χ1) is 11.8. The quantitative estimate of drug-likeness (QED) is 0.749. The normalized spacial score (nSPS) is 12.8. The average molecular weight is 386 g/mol. The van der Waals surface area contributed by atoms with E-state index in [-0.39, 0.29) is 47.2 Å². The van der Waals surface area contributed by atoms with Gasteiger partial charge in [0.2, 0.25) is 11.8 Å². The van der Waals surface area contributed by atoms with E-state index in [1.165, 1.54) is 24.3 Å². The van der Waals surface area contributed by atoms with Crippen molar-refractivity contribution in [2.75, 3.05) is 0 Å². The molecule has 1 aromatic heterocycles. The number of hydrogen-bond donors (Lipinski definition) is 1. The van der Waals surface area contributed by atoms with Gasteiger partial charge in [-0.25, -0.2) is 8.42 Å². The molecular formula is C16H20ClN3O4S. The van der Waals surface area contributed by atoms with Crippen molar-refractivity contribution in [3.8, 4) is 0 Å². The van der Waals surface area contributed by atoms with Crippen LogP contribution in [0.4, 0.5) is 0 Å². The fraction of sp³-hybridized carbons (Fsp3) is 0.438. The molecule has 0 aliphatic heterocycles. The molecule has 1 amide bonds. The number of sulfone groups is 1. The van der Waals surface area contributed by atoms with Crippen LogP contribution in [0.5, 0.6) is 0 Å². The molecule has 25 heavy (non-hydrogen) atoms. The zero-order valence-electron chi connectivity index (χ0n) is 14.0. The van der Waals surface area contributed by atoms with Gasteiger partial charge in [0.1, 0.15) is 5.75 Å². The predicted octanol–water partition coefficient (Wildman–Crippen LogP) is 2.54. The Morgan fingerprint density at radius 2 is 2.00 bits per heavy atom. The molecule has 0 saturated heterocycles. The topological polar surface area (TPSA) is 102 Å². The van der Waals surface area contributed by atoms with Gasteiger partial charge < -0.3 is 9.84 Å². The molecule has 0 saturated carbocycles. The molecule has 1 heterocycles. The molecule has 0 bridgehead atoms. The molecule has 0 radical (unpaired) electrons. The summed E-state index contributed by atoms with van der Waals surface area (Å²) >= 11 is 5.76. The van der Waals surface area contributed by atoms with Crippen LogP contribution in [0.3, 0.4) is 0 Å². The molecule has 0 spiro atoms. The van der Waals surface area contributed by atoms with Crippen LogP contribution in [-0.4, -0.2) is 30.5 Å². The maximum Gasteiger partial charge on any atom is 0.227 e. The number of aryl methyl sites for hydroxylation is 1. The summed E-state index contributed by atoms with van der Waals surface area (Å²) in [5, 5.41) is 6.97. The van der Waals surface area contributed by atoms with Gasteiger partial charge in [0, 0.05) is 23.9 Å².